The maximum Gasteiger partial charge on any atom is 0.330 e. The average molecular weight is 203 g/mol. The molecule has 1 aromatic heterocycles. The van der Waals surface area contributed by atoms with Crippen LogP contribution in [0.1, 0.15) is 9.67 Å². The topological polar surface area (TPSA) is 84.2 Å². The van der Waals surface area contributed by atoms with E-state index < -0.39 is 17.8 Å². The molecule has 0 bridgehead atoms. The Kier molecular flexibility index (Phi) is 2.80. The normalized spacial score (nSPS) is 9.31. The number of hydrazine groups is 1. The molecule has 0 saturated carbocycles. The van der Waals surface area contributed by atoms with E-state index in [1.165, 1.54) is 5.38 Å². The lowest BCUT2D eigenvalue weighted by molar-refractivity contribution is 0.0938. The van der Waals surface area contributed by atoms with Gasteiger partial charge in [0.2, 0.25) is 0 Å². The number of halogens is 1. The monoisotopic (exact) mass is 203 g/mol. The Labute approximate surface area is 76.7 Å². The molecule has 4 N–H and O–H groups in total. The zero-order chi connectivity index (χ0) is 9.84. The first-order valence-electron chi connectivity index (χ1n) is 3.20. The van der Waals surface area contributed by atoms with E-state index in [2.05, 4.69) is 5.73 Å². The second-order valence-corrected chi connectivity index (χ2v) is 2.96. The number of carbonyl (C=O) groups excluding carboxylic acids is 2. The summed E-state index contributed by atoms with van der Waals surface area (Å²) in [5.74, 6) is -1.36. The van der Waals surface area contributed by atoms with Crippen LogP contribution < -0.4 is 16.6 Å². The van der Waals surface area contributed by atoms with Gasteiger partial charge in [-0.25, -0.2) is 14.6 Å². The minimum Gasteiger partial charge on any atom is -0.350 e. The molecular weight excluding hydrogens is 197 g/mol. The van der Waals surface area contributed by atoms with Crippen molar-refractivity contribution in [2.45, 2.75) is 0 Å². The lowest BCUT2D eigenvalue weighted by Crippen LogP contribution is -2.44. The Bertz CT molecular complexity index is 338. The van der Waals surface area contributed by atoms with Gasteiger partial charge in [0.05, 0.1) is 0 Å². The van der Waals surface area contributed by atoms with Crippen LogP contribution in [0.3, 0.4) is 0 Å². The number of nitrogens with one attached hydrogen (secondary N) is 2. The number of urea groups is 1. The fourth-order valence-electron chi connectivity index (χ4n) is 0.631. The molecule has 0 radical (unpaired) electrons. The molecular formula is C6H6FN3O2S. The molecule has 0 aromatic carbocycles. The van der Waals surface area contributed by atoms with Crippen LogP contribution in [0.5, 0.6) is 0 Å². The summed E-state index contributed by atoms with van der Waals surface area (Å²) in [5.41, 5.74) is 8.45. The van der Waals surface area contributed by atoms with Gasteiger partial charge < -0.3 is 5.73 Å². The highest BCUT2D eigenvalue weighted by atomic mass is 32.1. The minimum absolute atomic E-state index is 0.103. The molecule has 7 heteroatoms. The fourth-order valence-corrected chi connectivity index (χ4v) is 1.29. The van der Waals surface area contributed by atoms with Crippen molar-refractivity contribution in [2.75, 3.05) is 0 Å². The smallest absolute Gasteiger partial charge is 0.330 e. The van der Waals surface area contributed by atoms with Gasteiger partial charge in [-0.15, -0.1) is 11.3 Å². The molecule has 0 spiro atoms. The highest BCUT2D eigenvalue weighted by Gasteiger charge is 2.12. The second kappa shape index (κ2) is 3.85. The molecule has 5 nitrogen and oxygen atoms in total. The summed E-state index contributed by atoms with van der Waals surface area (Å²) in [4.78, 5) is 21.1. The Hall–Kier alpha value is -1.63. The number of primary amides is 1. The summed E-state index contributed by atoms with van der Waals surface area (Å²) in [6.07, 6.45) is 0. The molecule has 13 heavy (non-hydrogen) atoms. The fraction of sp³-hybridized carbons (Fsp3) is 0. The molecule has 0 atom stereocenters. The van der Waals surface area contributed by atoms with E-state index >= 15 is 0 Å². The predicted octanol–water partition coefficient (Wildman–Crippen LogP) is 0.200. The Morgan fingerprint density at radius 2 is 2.15 bits per heavy atom. The lowest BCUT2D eigenvalue weighted by atomic mass is 10.4. The van der Waals surface area contributed by atoms with Gasteiger partial charge in [0.15, 0.2) is 0 Å². The van der Waals surface area contributed by atoms with Crippen LogP contribution in [0.4, 0.5) is 9.18 Å². The maximum atomic E-state index is 12.7. The first-order valence-corrected chi connectivity index (χ1v) is 4.08. The van der Waals surface area contributed by atoms with Crippen molar-refractivity contribution >= 4 is 23.3 Å². The van der Waals surface area contributed by atoms with E-state index in [1.807, 2.05) is 10.9 Å². The van der Waals surface area contributed by atoms with Crippen LogP contribution in [-0.2, 0) is 0 Å². The van der Waals surface area contributed by atoms with E-state index in [0.717, 1.165) is 17.4 Å². The number of hydrogen-bond donors (Lipinski definition) is 3. The van der Waals surface area contributed by atoms with Crippen LogP contribution in [-0.4, -0.2) is 11.9 Å². The highest BCUT2D eigenvalue weighted by Crippen LogP contribution is 2.13. The van der Waals surface area contributed by atoms with Gasteiger partial charge in [-0.3, -0.25) is 10.2 Å². The molecule has 3 amide bonds. The van der Waals surface area contributed by atoms with E-state index in [0.29, 0.717) is 0 Å². The average Bonchev–Trinajstić information content (AvgIpc) is 2.47. The Morgan fingerprint density at radius 3 is 2.62 bits per heavy atom. The molecule has 1 heterocycles. The highest BCUT2D eigenvalue weighted by molar-refractivity contribution is 7.12. The van der Waals surface area contributed by atoms with Gasteiger partial charge >= 0.3 is 6.03 Å². The third kappa shape index (κ3) is 2.41. The quantitative estimate of drug-likeness (QED) is 0.569. The van der Waals surface area contributed by atoms with E-state index in [1.54, 1.807) is 0 Å². The van der Waals surface area contributed by atoms with Crippen molar-refractivity contribution in [2.24, 2.45) is 5.73 Å². The zero-order valence-corrected chi connectivity index (χ0v) is 7.15. The summed E-state index contributed by atoms with van der Waals surface area (Å²) in [5, 5.41) is 1.43. The van der Waals surface area contributed by atoms with Crippen molar-refractivity contribution in [3.05, 3.63) is 22.1 Å². The predicted molar refractivity (Wildman–Crippen MR) is 44.5 cm³/mol. The maximum absolute atomic E-state index is 12.7. The van der Waals surface area contributed by atoms with Crippen molar-refractivity contribution < 1.29 is 14.0 Å². The lowest BCUT2D eigenvalue weighted by Gasteiger charge is -2.01. The van der Waals surface area contributed by atoms with Crippen molar-refractivity contribution in [3.63, 3.8) is 0 Å². The summed E-state index contributed by atoms with van der Waals surface area (Å²) in [7, 11) is 0. The molecule has 0 saturated heterocycles. The molecule has 1 rings (SSSR count). The first-order chi connectivity index (χ1) is 6.11. The molecule has 1 aromatic rings. The zero-order valence-electron chi connectivity index (χ0n) is 6.33. The molecule has 70 valence electrons. The standard InChI is InChI=1S/C6H6FN3O2S/c7-3-1-2-13-4(3)5(11)9-10-6(8)12/h1-2H,(H,9,11)(H3,8,10,12). The number of nitrogens with two attached hydrogens (primary N) is 1. The largest absolute Gasteiger partial charge is 0.350 e. The van der Waals surface area contributed by atoms with Gasteiger partial charge in [0.25, 0.3) is 5.91 Å². The SMILES string of the molecule is NC(=O)NNC(=O)c1sccc1F. The summed E-state index contributed by atoms with van der Waals surface area (Å²) in [6.45, 7) is 0. The van der Waals surface area contributed by atoms with E-state index in [4.69, 9.17) is 0 Å². The summed E-state index contributed by atoms with van der Waals surface area (Å²) < 4.78 is 12.7. The van der Waals surface area contributed by atoms with Gasteiger partial charge in [-0.05, 0) is 11.4 Å². The van der Waals surface area contributed by atoms with Crippen LogP contribution in [0.2, 0.25) is 0 Å². The molecule has 0 fully saturated rings. The van der Waals surface area contributed by atoms with Gasteiger partial charge in [-0.1, -0.05) is 0 Å². The third-order valence-electron chi connectivity index (χ3n) is 1.12. The van der Waals surface area contributed by atoms with Crippen LogP contribution in [0.15, 0.2) is 11.4 Å². The summed E-state index contributed by atoms with van der Waals surface area (Å²) >= 11 is 0.930. The van der Waals surface area contributed by atoms with Gasteiger partial charge in [0.1, 0.15) is 10.7 Å². The second-order valence-electron chi connectivity index (χ2n) is 2.04. The number of thiophene rings is 1. The number of amides is 3. The molecule has 0 aliphatic rings. The van der Waals surface area contributed by atoms with Crippen molar-refractivity contribution in [1.29, 1.82) is 0 Å². The molecule has 0 aliphatic heterocycles. The summed E-state index contributed by atoms with van der Waals surface area (Å²) in [6, 6.07) is 0.245. The number of carbonyl (C=O) groups is 2. The van der Waals surface area contributed by atoms with E-state index in [-0.39, 0.29) is 4.88 Å². The number of rotatable bonds is 1. The van der Waals surface area contributed by atoms with Crippen molar-refractivity contribution in [3.8, 4) is 0 Å². The van der Waals surface area contributed by atoms with E-state index in [9.17, 15) is 14.0 Å². The van der Waals surface area contributed by atoms with Gasteiger partial charge in [-0.2, -0.15) is 0 Å². The first kappa shape index (κ1) is 9.46. The van der Waals surface area contributed by atoms with Crippen LogP contribution >= 0.6 is 11.3 Å². The third-order valence-corrected chi connectivity index (χ3v) is 2.01. The minimum atomic E-state index is -0.912. The Balaban J connectivity index is 2.59. The van der Waals surface area contributed by atoms with Crippen LogP contribution in [0.25, 0.3) is 0 Å². The number of hydrogen-bond acceptors (Lipinski definition) is 3. The molecule has 0 unspecified atom stereocenters. The Morgan fingerprint density at radius 1 is 1.46 bits per heavy atom. The molecule has 0 aliphatic carbocycles. The van der Waals surface area contributed by atoms with Crippen LogP contribution in [0, 0.1) is 5.82 Å². The van der Waals surface area contributed by atoms with Gasteiger partial charge in [0, 0.05) is 0 Å². The van der Waals surface area contributed by atoms with Crippen molar-refractivity contribution in [1.82, 2.24) is 10.9 Å².